The summed E-state index contributed by atoms with van der Waals surface area (Å²) in [4.78, 5) is 12.7. The van der Waals surface area contributed by atoms with Crippen LogP contribution in [0, 0.1) is 0 Å². The molecule has 5 nitrogen and oxygen atoms in total. The van der Waals surface area contributed by atoms with Crippen LogP contribution in [0.4, 0.5) is 0 Å². The molecular weight excluding hydrogens is 428 g/mol. The number of hydrogen-bond donors (Lipinski definition) is 2. The number of nitrogens with one attached hydrogen (secondary N) is 1. The number of carbonyl (C=O) groups is 1. The van der Waals surface area contributed by atoms with Gasteiger partial charge in [0.15, 0.2) is 11.5 Å². The SMILES string of the molecule is COc1cc(Br)cc(/C=N/NC(=O)c2sc3ccccc3c2Cl)c1O. The van der Waals surface area contributed by atoms with Crippen LogP contribution in [0.2, 0.25) is 5.02 Å². The number of halogens is 2. The lowest BCUT2D eigenvalue weighted by Crippen LogP contribution is -2.16. The molecule has 25 heavy (non-hydrogen) atoms. The number of nitrogens with zero attached hydrogens (tertiary/aromatic N) is 1. The van der Waals surface area contributed by atoms with Crippen LogP contribution < -0.4 is 10.2 Å². The number of benzene rings is 2. The van der Waals surface area contributed by atoms with Crippen molar-refractivity contribution in [3.8, 4) is 11.5 Å². The maximum Gasteiger partial charge on any atom is 0.283 e. The standard InChI is InChI=1S/C17H12BrClN2O3S/c1-24-12-7-10(18)6-9(15(12)22)8-20-21-17(23)16-14(19)11-4-2-3-5-13(11)25-16/h2-8,22H,1H3,(H,21,23)/b20-8+. The Morgan fingerprint density at radius 2 is 2.16 bits per heavy atom. The van der Waals surface area contributed by atoms with Crippen LogP contribution in [0.1, 0.15) is 15.2 Å². The molecule has 1 aromatic heterocycles. The fraction of sp³-hybridized carbons (Fsp3) is 0.0588. The number of hydrazone groups is 1. The number of ether oxygens (including phenoxy) is 1. The number of amides is 1. The molecule has 3 aromatic rings. The highest BCUT2D eigenvalue weighted by molar-refractivity contribution is 9.10. The molecule has 0 spiro atoms. The number of aromatic hydroxyl groups is 1. The molecule has 0 fully saturated rings. The predicted molar refractivity (Wildman–Crippen MR) is 104 cm³/mol. The minimum atomic E-state index is -0.413. The quantitative estimate of drug-likeness (QED) is 0.453. The molecule has 2 N–H and O–H groups in total. The minimum Gasteiger partial charge on any atom is -0.504 e. The van der Waals surface area contributed by atoms with E-state index in [1.807, 2.05) is 24.3 Å². The highest BCUT2D eigenvalue weighted by Crippen LogP contribution is 2.35. The summed E-state index contributed by atoms with van der Waals surface area (Å²) in [5.41, 5.74) is 2.82. The van der Waals surface area contributed by atoms with Gasteiger partial charge in [0.2, 0.25) is 0 Å². The molecule has 0 unspecified atom stereocenters. The average molecular weight is 440 g/mol. The van der Waals surface area contributed by atoms with Gasteiger partial charge >= 0.3 is 0 Å². The average Bonchev–Trinajstić information content (AvgIpc) is 2.95. The first kappa shape index (κ1) is 17.7. The Kier molecular flexibility index (Phi) is 5.27. The van der Waals surface area contributed by atoms with Gasteiger partial charge in [-0.2, -0.15) is 5.10 Å². The van der Waals surface area contributed by atoms with E-state index >= 15 is 0 Å². The van der Waals surface area contributed by atoms with Crippen LogP contribution in [-0.4, -0.2) is 24.3 Å². The molecule has 0 bridgehead atoms. The third-order valence-corrected chi connectivity index (χ3v) is 5.53. The zero-order chi connectivity index (χ0) is 18.0. The molecule has 1 heterocycles. The summed E-state index contributed by atoms with van der Waals surface area (Å²) in [7, 11) is 1.45. The number of fused-ring (bicyclic) bond motifs is 1. The van der Waals surface area contributed by atoms with E-state index in [1.165, 1.54) is 24.7 Å². The fourth-order valence-electron chi connectivity index (χ4n) is 2.22. The van der Waals surface area contributed by atoms with E-state index in [9.17, 15) is 9.90 Å². The zero-order valence-electron chi connectivity index (χ0n) is 12.9. The second kappa shape index (κ2) is 7.43. The fourth-order valence-corrected chi connectivity index (χ4v) is 4.08. The van der Waals surface area contributed by atoms with Crippen molar-refractivity contribution < 1.29 is 14.6 Å². The van der Waals surface area contributed by atoms with Crippen LogP contribution in [-0.2, 0) is 0 Å². The van der Waals surface area contributed by atoms with Crippen molar-refractivity contribution in [2.75, 3.05) is 7.11 Å². The Hall–Kier alpha value is -2.09. The molecule has 0 saturated heterocycles. The molecule has 0 atom stereocenters. The monoisotopic (exact) mass is 438 g/mol. The molecule has 0 saturated carbocycles. The lowest BCUT2D eigenvalue weighted by atomic mass is 10.2. The summed E-state index contributed by atoms with van der Waals surface area (Å²) in [5, 5.41) is 15.2. The van der Waals surface area contributed by atoms with Gasteiger partial charge in [-0.25, -0.2) is 5.43 Å². The highest BCUT2D eigenvalue weighted by atomic mass is 79.9. The van der Waals surface area contributed by atoms with E-state index in [1.54, 1.807) is 12.1 Å². The lowest BCUT2D eigenvalue weighted by molar-refractivity contribution is 0.0959. The third-order valence-electron chi connectivity index (χ3n) is 3.40. The van der Waals surface area contributed by atoms with Crippen molar-refractivity contribution in [3.63, 3.8) is 0 Å². The molecule has 0 aliphatic heterocycles. The van der Waals surface area contributed by atoms with Gasteiger partial charge in [0.25, 0.3) is 5.91 Å². The number of carbonyl (C=O) groups excluding carboxylic acids is 1. The molecule has 3 rings (SSSR count). The van der Waals surface area contributed by atoms with E-state index in [4.69, 9.17) is 16.3 Å². The lowest BCUT2D eigenvalue weighted by Gasteiger charge is -2.06. The minimum absolute atomic E-state index is 0.0661. The summed E-state index contributed by atoms with van der Waals surface area (Å²) in [6, 6.07) is 10.8. The Bertz CT molecular complexity index is 987. The van der Waals surface area contributed by atoms with Gasteiger partial charge < -0.3 is 9.84 Å². The van der Waals surface area contributed by atoms with E-state index in [2.05, 4.69) is 26.5 Å². The Balaban J connectivity index is 1.81. The van der Waals surface area contributed by atoms with Crippen molar-refractivity contribution in [2.45, 2.75) is 0 Å². The van der Waals surface area contributed by atoms with E-state index in [0.29, 0.717) is 25.7 Å². The summed E-state index contributed by atoms with van der Waals surface area (Å²) in [6.07, 6.45) is 1.34. The van der Waals surface area contributed by atoms with Gasteiger partial charge in [-0.3, -0.25) is 4.79 Å². The summed E-state index contributed by atoms with van der Waals surface area (Å²) in [5.74, 6) is -0.179. The molecule has 0 aliphatic rings. The van der Waals surface area contributed by atoms with Crippen molar-refractivity contribution in [1.82, 2.24) is 5.43 Å². The smallest absolute Gasteiger partial charge is 0.283 e. The van der Waals surface area contributed by atoms with Gasteiger partial charge in [-0.1, -0.05) is 45.7 Å². The van der Waals surface area contributed by atoms with E-state index in [-0.39, 0.29) is 5.75 Å². The molecule has 128 valence electrons. The van der Waals surface area contributed by atoms with Gasteiger partial charge in [0.1, 0.15) is 4.88 Å². The number of methoxy groups -OCH3 is 1. The molecule has 2 aromatic carbocycles. The van der Waals surface area contributed by atoms with Gasteiger partial charge in [0, 0.05) is 20.1 Å². The van der Waals surface area contributed by atoms with Crippen molar-refractivity contribution >= 4 is 61.1 Å². The second-order valence-electron chi connectivity index (χ2n) is 4.99. The van der Waals surface area contributed by atoms with Crippen LogP contribution in [0.5, 0.6) is 11.5 Å². The van der Waals surface area contributed by atoms with E-state index in [0.717, 1.165) is 10.1 Å². The largest absolute Gasteiger partial charge is 0.504 e. The molecular formula is C17H12BrClN2O3S. The first-order chi connectivity index (χ1) is 12.0. The first-order valence-electron chi connectivity index (χ1n) is 7.08. The molecule has 1 amide bonds. The summed E-state index contributed by atoms with van der Waals surface area (Å²) < 4.78 is 6.71. The van der Waals surface area contributed by atoms with Gasteiger partial charge in [-0.05, 0) is 18.2 Å². The number of rotatable bonds is 4. The third kappa shape index (κ3) is 3.63. The maximum atomic E-state index is 12.3. The number of phenolic OH excluding ortho intramolecular Hbond substituents is 1. The number of phenols is 1. The zero-order valence-corrected chi connectivity index (χ0v) is 16.1. The van der Waals surface area contributed by atoms with Crippen molar-refractivity contribution in [3.05, 3.63) is 56.3 Å². The molecule has 0 radical (unpaired) electrons. The summed E-state index contributed by atoms with van der Waals surface area (Å²) >= 11 is 10.9. The van der Waals surface area contributed by atoms with Gasteiger partial charge in [-0.15, -0.1) is 11.3 Å². The second-order valence-corrected chi connectivity index (χ2v) is 7.33. The number of thiophene rings is 1. The Labute approximate surface area is 161 Å². The predicted octanol–water partition coefficient (Wildman–Crippen LogP) is 4.80. The van der Waals surface area contributed by atoms with Crippen molar-refractivity contribution in [1.29, 1.82) is 0 Å². The normalized spacial score (nSPS) is 11.2. The summed E-state index contributed by atoms with van der Waals surface area (Å²) in [6.45, 7) is 0. The first-order valence-corrected chi connectivity index (χ1v) is 9.07. The Morgan fingerprint density at radius 3 is 2.88 bits per heavy atom. The Morgan fingerprint density at radius 1 is 1.40 bits per heavy atom. The van der Waals surface area contributed by atoms with Crippen molar-refractivity contribution in [2.24, 2.45) is 5.10 Å². The van der Waals surface area contributed by atoms with Crippen LogP contribution in [0.3, 0.4) is 0 Å². The van der Waals surface area contributed by atoms with Crippen LogP contribution >= 0.6 is 38.9 Å². The molecule has 0 aliphatic carbocycles. The van der Waals surface area contributed by atoms with Gasteiger partial charge in [0.05, 0.1) is 18.3 Å². The molecule has 8 heteroatoms. The van der Waals surface area contributed by atoms with E-state index < -0.39 is 5.91 Å². The highest BCUT2D eigenvalue weighted by Gasteiger charge is 2.16. The topological polar surface area (TPSA) is 70.9 Å². The number of hydrogen-bond acceptors (Lipinski definition) is 5. The van der Waals surface area contributed by atoms with Crippen LogP contribution in [0.15, 0.2) is 46.0 Å². The van der Waals surface area contributed by atoms with Crippen LogP contribution in [0.25, 0.3) is 10.1 Å². The maximum absolute atomic E-state index is 12.3.